The van der Waals surface area contributed by atoms with Gasteiger partial charge in [-0.25, -0.2) is 4.98 Å². The molecule has 2 aromatic rings. The van der Waals surface area contributed by atoms with E-state index in [1.807, 2.05) is 5.51 Å². The smallest absolute Gasteiger partial charge is 0.106 e. The van der Waals surface area contributed by atoms with Crippen molar-refractivity contribution in [3.05, 3.63) is 17.6 Å². The predicted molar refractivity (Wildman–Crippen MR) is 69.8 cm³/mol. The average Bonchev–Trinajstić information content (AvgIpc) is 2.66. The molecule has 1 fully saturated rings. The summed E-state index contributed by atoms with van der Waals surface area (Å²) in [4.78, 5) is 4.30. The number of thiazole rings is 1. The van der Waals surface area contributed by atoms with Crippen LogP contribution in [0.4, 0.5) is 11.4 Å². The molecule has 1 aromatic heterocycles. The summed E-state index contributed by atoms with van der Waals surface area (Å²) in [5.74, 6) is 0. The summed E-state index contributed by atoms with van der Waals surface area (Å²) in [6.45, 7) is 4.53. The number of nitrogens with zero attached hydrogens (tertiary/aromatic N) is 1. The zero-order valence-corrected chi connectivity index (χ0v) is 10.3. The maximum Gasteiger partial charge on any atom is 0.106 e. The highest BCUT2D eigenvalue weighted by molar-refractivity contribution is 7.16. The summed E-state index contributed by atoms with van der Waals surface area (Å²) in [6, 6.07) is 4.69. The van der Waals surface area contributed by atoms with Gasteiger partial charge in [0.15, 0.2) is 0 Å². The van der Waals surface area contributed by atoms with Gasteiger partial charge in [-0.15, -0.1) is 11.3 Å². The van der Waals surface area contributed by atoms with Crippen molar-refractivity contribution >= 4 is 32.9 Å². The molecule has 1 unspecified atom stereocenters. The van der Waals surface area contributed by atoms with E-state index in [1.165, 1.54) is 6.42 Å². The Morgan fingerprint density at radius 3 is 2.94 bits per heavy atom. The Bertz CT molecular complexity index is 544. The molecule has 1 aromatic carbocycles. The van der Waals surface area contributed by atoms with Crippen LogP contribution in [0.3, 0.4) is 0 Å². The van der Waals surface area contributed by atoms with Crippen molar-refractivity contribution in [3.8, 4) is 0 Å². The molecule has 3 rings (SSSR count). The fourth-order valence-electron chi connectivity index (χ4n) is 1.98. The van der Waals surface area contributed by atoms with Crippen molar-refractivity contribution < 1.29 is 0 Å². The first-order chi connectivity index (χ1) is 7.58. The molecule has 0 saturated heterocycles. The Morgan fingerprint density at radius 2 is 2.25 bits per heavy atom. The minimum Gasteiger partial charge on any atom is -0.395 e. The lowest BCUT2D eigenvalue weighted by Gasteiger charge is -2.10. The highest BCUT2D eigenvalue weighted by Crippen LogP contribution is 2.47. The van der Waals surface area contributed by atoms with Crippen molar-refractivity contribution in [2.75, 3.05) is 11.1 Å². The summed E-state index contributed by atoms with van der Waals surface area (Å²) in [6.07, 6.45) is 1.21. The van der Waals surface area contributed by atoms with Gasteiger partial charge in [-0.05, 0) is 24.0 Å². The van der Waals surface area contributed by atoms with Gasteiger partial charge in [-0.3, -0.25) is 0 Å². The van der Waals surface area contributed by atoms with Gasteiger partial charge >= 0.3 is 0 Å². The Morgan fingerprint density at radius 1 is 1.50 bits per heavy atom. The van der Waals surface area contributed by atoms with E-state index in [0.29, 0.717) is 11.5 Å². The molecule has 3 nitrogen and oxygen atoms in total. The van der Waals surface area contributed by atoms with Crippen LogP contribution in [-0.2, 0) is 0 Å². The molecule has 0 bridgehead atoms. The van der Waals surface area contributed by atoms with Crippen LogP contribution < -0.4 is 11.1 Å². The van der Waals surface area contributed by atoms with Crippen LogP contribution in [0.2, 0.25) is 0 Å². The molecule has 0 amide bonds. The number of hydrogen-bond acceptors (Lipinski definition) is 4. The number of nitrogen functional groups attached to an aromatic ring is 1. The molecule has 0 radical (unpaired) electrons. The topological polar surface area (TPSA) is 50.9 Å². The molecule has 4 heteroatoms. The largest absolute Gasteiger partial charge is 0.395 e. The molecular weight excluding hydrogens is 218 g/mol. The number of anilines is 2. The number of nitrogens with one attached hydrogen (secondary N) is 1. The molecule has 1 aliphatic carbocycles. The zero-order valence-electron chi connectivity index (χ0n) is 9.45. The van der Waals surface area contributed by atoms with Crippen molar-refractivity contribution in [1.29, 1.82) is 0 Å². The van der Waals surface area contributed by atoms with Crippen LogP contribution in [0.15, 0.2) is 17.6 Å². The van der Waals surface area contributed by atoms with E-state index in [4.69, 9.17) is 5.73 Å². The van der Waals surface area contributed by atoms with Gasteiger partial charge in [-0.2, -0.15) is 0 Å². The standard InChI is InChI=1S/C12H15N3S/c1-12(2)5-9(12)15-7-3-4-8-11(10(7)13)14-6-16-8/h3-4,6,9,15H,5,13H2,1-2H3. The first-order valence-electron chi connectivity index (χ1n) is 5.46. The van der Waals surface area contributed by atoms with E-state index in [1.54, 1.807) is 11.3 Å². The van der Waals surface area contributed by atoms with Gasteiger partial charge in [0, 0.05) is 6.04 Å². The lowest BCUT2D eigenvalue weighted by molar-refractivity contribution is 0.631. The number of nitrogens with two attached hydrogens (primary N) is 1. The first-order valence-corrected chi connectivity index (χ1v) is 6.34. The number of aromatic nitrogens is 1. The second kappa shape index (κ2) is 3.10. The van der Waals surface area contributed by atoms with Crippen LogP contribution >= 0.6 is 11.3 Å². The SMILES string of the molecule is CC1(C)CC1Nc1ccc2scnc2c1N. The average molecular weight is 233 g/mol. The van der Waals surface area contributed by atoms with Gasteiger partial charge in [0.2, 0.25) is 0 Å². The van der Waals surface area contributed by atoms with E-state index in [-0.39, 0.29) is 0 Å². The van der Waals surface area contributed by atoms with E-state index < -0.39 is 0 Å². The minimum absolute atomic E-state index is 0.406. The Labute approximate surface area is 98.7 Å². The lowest BCUT2D eigenvalue weighted by Crippen LogP contribution is -2.10. The third-order valence-corrected chi connectivity index (χ3v) is 4.18. The molecule has 1 aliphatic rings. The molecule has 1 atom stereocenters. The van der Waals surface area contributed by atoms with Gasteiger partial charge in [0.25, 0.3) is 0 Å². The van der Waals surface area contributed by atoms with Crippen molar-refractivity contribution in [2.24, 2.45) is 5.41 Å². The molecule has 84 valence electrons. The monoisotopic (exact) mass is 233 g/mol. The van der Waals surface area contributed by atoms with Crippen molar-refractivity contribution in [1.82, 2.24) is 4.98 Å². The van der Waals surface area contributed by atoms with E-state index in [9.17, 15) is 0 Å². The Kier molecular flexibility index (Phi) is 1.92. The molecular formula is C12H15N3S. The van der Waals surface area contributed by atoms with Crippen molar-refractivity contribution in [2.45, 2.75) is 26.3 Å². The maximum absolute atomic E-state index is 6.11. The molecule has 0 aliphatic heterocycles. The summed E-state index contributed by atoms with van der Waals surface area (Å²) in [7, 11) is 0. The molecule has 1 saturated carbocycles. The van der Waals surface area contributed by atoms with Gasteiger partial charge in [0.05, 0.1) is 21.6 Å². The quantitative estimate of drug-likeness (QED) is 0.784. The number of hydrogen-bond donors (Lipinski definition) is 2. The summed E-state index contributed by atoms with van der Waals surface area (Å²) >= 11 is 1.63. The van der Waals surface area contributed by atoms with Crippen molar-refractivity contribution in [3.63, 3.8) is 0 Å². The highest BCUT2D eigenvalue weighted by atomic mass is 32.1. The second-order valence-electron chi connectivity index (χ2n) is 5.12. The van der Waals surface area contributed by atoms with Crippen LogP contribution in [-0.4, -0.2) is 11.0 Å². The fourth-order valence-corrected chi connectivity index (χ4v) is 2.67. The predicted octanol–water partition coefficient (Wildman–Crippen LogP) is 3.09. The Hall–Kier alpha value is -1.29. The minimum atomic E-state index is 0.406. The number of rotatable bonds is 2. The Balaban J connectivity index is 1.95. The summed E-state index contributed by atoms with van der Waals surface area (Å²) in [5, 5.41) is 3.50. The van der Waals surface area contributed by atoms with Crippen LogP contribution in [0.25, 0.3) is 10.2 Å². The first kappa shape index (κ1) is 9.90. The van der Waals surface area contributed by atoms with Crippen LogP contribution in [0, 0.1) is 5.41 Å². The summed E-state index contributed by atoms with van der Waals surface area (Å²) < 4.78 is 1.15. The third-order valence-electron chi connectivity index (χ3n) is 3.38. The van der Waals surface area contributed by atoms with E-state index in [2.05, 4.69) is 36.3 Å². The van der Waals surface area contributed by atoms with Crippen LogP contribution in [0.1, 0.15) is 20.3 Å². The summed E-state index contributed by atoms with van der Waals surface area (Å²) in [5.41, 5.74) is 11.1. The highest BCUT2D eigenvalue weighted by Gasteiger charge is 2.45. The maximum atomic E-state index is 6.11. The van der Waals surface area contributed by atoms with E-state index in [0.717, 1.165) is 21.6 Å². The van der Waals surface area contributed by atoms with Gasteiger partial charge in [-0.1, -0.05) is 13.8 Å². The fraction of sp³-hybridized carbons (Fsp3) is 0.417. The molecule has 3 N–H and O–H groups in total. The molecule has 1 heterocycles. The zero-order chi connectivity index (χ0) is 11.3. The lowest BCUT2D eigenvalue weighted by atomic mass is 10.2. The second-order valence-corrected chi connectivity index (χ2v) is 6.00. The van der Waals surface area contributed by atoms with Gasteiger partial charge in [0.1, 0.15) is 5.52 Å². The molecule has 16 heavy (non-hydrogen) atoms. The number of fused-ring (bicyclic) bond motifs is 1. The molecule has 0 spiro atoms. The third kappa shape index (κ3) is 1.45. The normalized spacial score (nSPS) is 22.2. The van der Waals surface area contributed by atoms with E-state index >= 15 is 0 Å². The van der Waals surface area contributed by atoms with Crippen LogP contribution in [0.5, 0.6) is 0 Å². The van der Waals surface area contributed by atoms with Gasteiger partial charge < -0.3 is 11.1 Å². The number of benzene rings is 1.